The van der Waals surface area contributed by atoms with Gasteiger partial charge in [0.2, 0.25) is 0 Å². The number of ketones is 1. The van der Waals surface area contributed by atoms with E-state index in [1.54, 1.807) is 47.4 Å². The van der Waals surface area contributed by atoms with Crippen molar-refractivity contribution in [2.75, 3.05) is 31.2 Å². The van der Waals surface area contributed by atoms with Crippen molar-refractivity contribution < 1.29 is 29.0 Å². The molecule has 0 aromatic heterocycles. The lowest BCUT2D eigenvalue weighted by atomic mass is 9.81. The topological polar surface area (TPSA) is 96.4 Å². The molecule has 0 radical (unpaired) electrons. The SMILES string of the molecule is C=CCOc1ccc(C(O)=C2C(=O)C(=O)N(C[C@H]3CCCO3)[C@]23C(=O)N(CC)c2ccccc23)cc1C. The van der Waals surface area contributed by atoms with Crippen molar-refractivity contribution in [2.45, 2.75) is 38.3 Å². The molecule has 1 N–H and O–H groups in total. The fourth-order valence-corrected chi connectivity index (χ4v) is 5.67. The first-order valence-electron chi connectivity index (χ1n) is 12.5. The van der Waals surface area contributed by atoms with Crippen molar-refractivity contribution in [3.05, 3.63) is 77.4 Å². The van der Waals surface area contributed by atoms with E-state index in [0.29, 0.717) is 42.3 Å². The molecule has 2 fully saturated rings. The summed E-state index contributed by atoms with van der Waals surface area (Å²) in [5.41, 5.74) is 0.166. The summed E-state index contributed by atoms with van der Waals surface area (Å²) in [7, 11) is 0. The van der Waals surface area contributed by atoms with Gasteiger partial charge in [-0.15, -0.1) is 0 Å². The van der Waals surface area contributed by atoms with Crippen molar-refractivity contribution in [3.63, 3.8) is 0 Å². The van der Waals surface area contributed by atoms with Gasteiger partial charge in [-0.1, -0.05) is 30.9 Å². The lowest BCUT2D eigenvalue weighted by Gasteiger charge is -2.35. The number of carbonyl (C=O) groups is 3. The summed E-state index contributed by atoms with van der Waals surface area (Å²) in [6, 6.07) is 12.1. The maximum atomic E-state index is 14.2. The number of nitrogens with zero attached hydrogens (tertiary/aromatic N) is 2. The Bertz CT molecular complexity index is 1330. The average Bonchev–Trinajstić information content (AvgIpc) is 3.56. The number of aliphatic hydroxyl groups excluding tert-OH is 1. The summed E-state index contributed by atoms with van der Waals surface area (Å²) in [5, 5.41) is 11.6. The molecule has 2 aromatic carbocycles. The Hall–Kier alpha value is -3.91. The molecule has 1 spiro atoms. The summed E-state index contributed by atoms with van der Waals surface area (Å²) in [5.74, 6) is -1.93. The molecule has 3 heterocycles. The van der Waals surface area contributed by atoms with Crippen molar-refractivity contribution in [2.24, 2.45) is 0 Å². The maximum Gasteiger partial charge on any atom is 0.296 e. The molecule has 0 unspecified atom stereocenters. The van der Waals surface area contributed by atoms with Gasteiger partial charge in [-0.25, -0.2) is 0 Å². The number of Topliss-reactive ketones (excluding diaryl/α,β-unsaturated/α-hetero) is 1. The predicted octanol–water partition coefficient (Wildman–Crippen LogP) is 3.68. The van der Waals surface area contributed by atoms with Crippen LogP contribution in [0.25, 0.3) is 5.76 Å². The van der Waals surface area contributed by atoms with Crippen LogP contribution in [0.2, 0.25) is 0 Å². The highest BCUT2D eigenvalue weighted by Gasteiger charge is 2.67. The number of para-hydroxylation sites is 1. The number of rotatable bonds is 7. The predicted molar refractivity (Wildman–Crippen MR) is 138 cm³/mol. The van der Waals surface area contributed by atoms with Crippen molar-refractivity contribution in [1.82, 2.24) is 4.90 Å². The molecular weight excluding hydrogens is 472 g/mol. The van der Waals surface area contributed by atoms with E-state index in [1.165, 1.54) is 4.90 Å². The minimum atomic E-state index is -1.78. The standard InChI is InChI=1S/C29H30N2O6/c1-4-14-37-23-13-12-19(16-18(23)3)25(32)24-26(33)27(34)31(17-20-9-8-15-36-20)29(24)21-10-6-7-11-22(21)30(5-2)28(29)35/h4,6-7,10-13,16,20,32H,1,5,8-9,14-15,17H2,2-3H3/t20-,29+/m1/s1. The second-order valence-corrected chi connectivity index (χ2v) is 9.46. The molecule has 0 saturated carbocycles. The minimum absolute atomic E-state index is 0.0757. The van der Waals surface area contributed by atoms with Gasteiger partial charge < -0.3 is 24.4 Å². The molecule has 0 bridgehead atoms. The third kappa shape index (κ3) is 3.66. The molecule has 8 nitrogen and oxygen atoms in total. The van der Waals surface area contributed by atoms with Crippen LogP contribution in [0.15, 0.2) is 60.7 Å². The molecule has 3 aliphatic rings. The number of aliphatic hydroxyl groups is 1. The van der Waals surface area contributed by atoms with Crippen LogP contribution in [0.5, 0.6) is 5.75 Å². The van der Waals surface area contributed by atoms with Crippen molar-refractivity contribution >= 4 is 29.0 Å². The summed E-state index contributed by atoms with van der Waals surface area (Å²) in [6.07, 6.45) is 2.89. The monoisotopic (exact) mass is 502 g/mol. The molecule has 2 aromatic rings. The zero-order chi connectivity index (χ0) is 26.3. The van der Waals surface area contributed by atoms with Crippen LogP contribution in [0.1, 0.15) is 36.5 Å². The van der Waals surface area contributed by atoms with Crippen molar-refractivity contribution in [3.8, 4) is 5.75 Å². The Balaban J connectivity index is 1.73. The number of hydrogen-bond donors (Lipinski definition) is 1. The minimum Gasteiger partial charge on any atom is -0.507 e. The molecule has 2 amide bonds. The van der Waals surface area contributed by atoms with E-state index in [2.05, 4.69) is 6.58 Å². The Morgan fingerprint density at radius 1 is 1.24 bits per heavy atom. The lowest BCUT2D eigenvalue weighted by Crippen LogP contribution is -2.53. The van der Waals surface area contributed by atoms with E-state index >= 15 is 0 Å². The fourth-order valence-electron chi connectivity index (χ4n) is 5.67. The molecule has 5 rings (SSSR count). The fraction of sp³-hybridized carbons (Fsp3) is 0.345. The van der Waals surface area contributed by atoms with Crippen LogP contribution in [0.3, 0.4) is 0 Å². The molecule has 37 heavy (non-hydrogen) atoms. The maximum absolute atomic E-state index is 14.2. The molecule has 2 saturated heterocycles. The normalized spacial score (nSPS) is 24.3. The van der Waals surface area contributed by atoms with Gasteiger partial charge >= 0.3 is 0 Å². The number of fused-ring (bicyclic) bond motifs is 2. The molecule has 3 aliphatic heterocycles. The van der Waals surface area contributed by atoms with Crippen LogP contribution < -0.4 is 9.64 Å². The van der Waals surface area contributed by atoms with Gasteiger partial charge in [0.1, 0.15) is 18.1 Å². The van der Waals surface area contributed by atoms with E-state index < -0.39 is 28.9 Å². The first-order valence-corrected chi connectivity index (χ1v) is 12.5. The third-order valence-electron chi connectivity index (χ3n) is 7.34. The van der Waals surface area contributed by atoms with E-state index in [0.717, 1.165) is 18.4 Å². The number of carbonyl (C=O) groups excluding carboxylic acids is 3. The molecule has 8 heteroatoms. The second kappa shape index (κ2) is 9.52. The highest BCUT2D eigenvalue weighted by molar-refractivity contribution is 6.50. The van der Waals surface area contributed by atoms with E-state index in [-0.39, 0.29) is 18.2 Å². The van der Waals surface area contributed by atoms with Gasteiger partial charge in [0.15, 0.2) is 5.54 Å². The van der Waals surface area contributed by atoms with Crippen LogP contribution in [0.4, 0.5) is 5.69 Å². The highest BCUT2D eigenvalue weighted by atomic mass is 16.5. The number of benzene rings is 2. The molecular formula is C29H30N2O6. The van der Waals surface area contributed by atoms with Gasteiger partial charge in [0.25, 0.3) is 17.6 Å². The summed E-state index contributed by atoms with van der Waals surface area (Å²) in [6.45, 7) is 8.61. The van der Waals surface area contributed by atoms with Gasteiger partial charge in [-0.05, 0) is 56.5 Å². The number of likely N-dealkylation sites (N-methyl/N-ethyl adjacent to an activating group) is 1. The first kappa shape index (κ1) is 24.8. The van der Waals surface area contributed by atoms with Gasteiger partial charge in [-0.3, -0.25) is 14.4 Å². The van der Waals surface area contributed by atoms with Crippen LogP contribution in [-0.4, -0.2) is 60.0 Å². The zero-order valence-electron chi connectivity index (χ0n) is 21.0. The lowest BCUT2D eigenvalue weighted by molar-refractivity contribution is -0.145. The zero-order valence-corrected chi connectivity index (χ0v) is 21.0. The number of amides is 2. The number of ether oxygens (including phenoxy) is 2. The third-order valence-corrected chi connectivity index (χ3v) is 7.34. The van der Waals surface area contributed by atoms with E-state index in [1.807, 2.05) is 19.9 Å². The number of aryl methyl sites for hydroxylation is 1. The van der Waals surface area contributed by atoms with E-state index in [9.17, 15) is 19.5 Å². The van der Waals surface area contributed by atoms with Gasteiger partial charge in [-0.2, -0.15) is 0 Å². The van der Waals surface area contributed by atoms with Crippen molar-refractivity contribution in [1.29, 1.82) is 0 Å². The molecule has 192 valence electrons. The van der Waals surface area contributed by atoms with Gasteiger partial charge in [0, 0.05) is 30.8 Å². The van der Waals surface area contributed by atoms with Crippen LogP contribution in [0, 0.1) is 6.92 Å². The molecule has 2 atom stereocenters. The Kier molecular flexibility index (Phi) is 6.37. The Morgan fingerprint density at radius 2 is 2.03 bits per heavy atom. The first-order chi connectivity index (χ1) is 17.9. The number of hydrogen-bond acceptors (Lipinski definition) is 6. The van der Waals surface area contributed by atoms with Gasteiger partial charge in [0.05, 0.1) is 17.4 Å². The van der Waals surface area contributed by atoms with E-state index in [4.69, 9.17) is 9.47 Å². The summed E-state index contributed by atoms with van der Waals surface area (Å²) >= 11 is 0. The van der Waals surface area contributed by atoms with Crippen LogP contribution in [-0.2, 0) is 24.7 Å². The smallest absolute Gasteiger partial charge is 0.296 e. The summed E-state index contributed by atoms with van der Waals surface area (Å²) in [4.78, 5) is 44.3. The molecule has 0 aliphatic carbocycles. The highest BCUT2D eigenvalue weighted by Crippen LogP contribution is 2.53. The van der Waals surface area contributed by atoms with Crippen LogP contribution >= 0.6 is 0 Å². The Labute approximate surface area is 215 Å². The number of likely N-dealkylation sites (tertiary alicyclic amines) is 1. The second-order valence-electron chi connectivity index (χ2n) is 9.46. The quantitative estimate of drug-likeness (QED) is 0.269. The largest absolute Gasteiger partial charge is 0.507 e. The number of anilines is 1. The Morgan fingerprint density at radius 3 is 2.70 bits per heavy atom. The average molecular weight is 503 g/mol. The summed E-state index contributed by atoms with van der Waals surface area (Å²) < 4.78 is 11.4.